The molecule has 1 aliphatic rings. The van der Waals surface area contributed by atoms with E-state index in [1.165, 1.54) is 6.08 Å². The van der Waals surface area contributed by atoms with Crippen molar-refractivity contribution in [1.29, 1.82) is 0 Å². The van der Waals surface area contributed by atoms with E-state index in [-0.39, 0.29) is 5.91 Å². The number of amides is 1. The number of nitrogens with zero attached hydrogens (tertiary/aromatic N) is 2. The van der Waals surface area contributed by atoms with Gasteiger partial charge in [-0.15, -0.1) is 0 Å². The van der Waals surface area contributed by atoms with E-state index in [2.05, 4.69) is 32.5 Å². The highest BCUT2D eigenvalue weighted by molar-refractivity contribution is 5.87. The molecule has 1 saturated heterocycles. The molecule has 0 N–H and O–H groups in total. The van der Waals surface area contributed by atoms with Crippen molar-refractivity contribution >= 4 is 5.91 Å². The molecule has 1 amide bonds. The van der Waals surface area contributed by atoms with Crippen LogP contribution in [0.3, 0.4) is 0 Å². The van der Waals surface area contributed by atoms with E-state index in [4.69, 9.17) is 0 Å². The zero-order valence-corrected chi connectivity index (χ0v) is 8.66. The summed E-state index contributed by atoms with van der Waals surface area (Å²) in [5.41, 5.74) is 0. The van der Waals surface area contributed by atoms with Gasteiger partial charge >= 0.3 is 0 Å². The summed E-state index contributed by atoms with van der Waals surface area (Å²) in [6, 6.07) is 0.844. The van der Waals surface area contributed by atoms with Crippen molar-refractivity contribution in [3.05, 3.63) is 12.7 Å². The molecule has 0 saturated carbocycles. The van der Waals surface area contributed by atoms with E-state index in [0.29, 0.717) is 12.1 Å². The highest BCUT2D eigenvalue weighted by Crippen LogP contribution is 2.20. The summed E-state index contributed by atoms with van der Waals surface area (Å²) in [6.45, 7) is 6.43. The maximum atomic E-state index is 11.4. The van der Waals surface area contributed by atoms with Crippen LogP contribution >= 0.6 is 0 Å². The Hall–Kier alpha value is -0.830. The van der Waals surface area contributed by atoms with Crippen molar-refractivity contribution in [1.82, 2.24) is 9.80 Å². The summed E-state index contributed by atoms with van der Waals surface area (Å²) in [4.78, 5) is 15.4. The molecular formula is C10H18N2O. The van der Waals surface area contributed by atoms with Crippen LogP contribution in [0.4, 0.5) is 0 Å². The molecule has 74 valence electrons. The van der Waals surface area contributed by atoms with Crippen LogP contribution in [0, 0.1) is 0 Å². The number of likely N-dealkylation sites (N-methyl/N-ethyl adjacent to an activating group) is 1. The normalized spacial score (nSPS) is 28.2. The maximum Gasteiger partial charge on any atom is 0.246 e. The van der Waals surface area contributed by atoms with Gasteiger partial charge in [0.1, 0.15) is 0 Å². The van der Waals surface area contributed by atoms with Crippen LogP contribution < -0.4 is 0 Å². The minimum absolute atomic E-state index is 0.0526. The highest BCUT2D eigenvalue weighted by Gasteiger charge is 2.31. The Labute approximate surface area is 80.0 Å². The smallest absolute Gasteiger partial charge is 0.246 e. The fraction of sp³-hybridized carbons (Fsp3) is 0.700. The molecule has 0 aromatic rings. The van der Waals surface area contributed by atoms with Crippen LogP contribution in [0.25, 0.3) is 0 Å². The predicted octanol–water partition coefficient (Wildman–Crippen LogP) is 0.723. The molecule has 0 aromatic heterocycles. The molecular weight excluding hydrogens is 164 g/mol. The van der Waals surface area contributed by atoms with Crippen molar-refractivity contribution in [3.63, 3.8) is 0 Å². The number of rotatable bonds is 2. The first kappa shape index (κ1) is 10.3. The van der Waals surface area contributed by atoms with Gasteiger partial charge in [-0.3, -0.25) is 4.79 Å². The molecule has 1 rings (SSSR count). The zero-order valence-electron chi connectivity index (χ0n) is 8.66. The third-order valence-electron chi connectivity index (χ3n) is 2.74. The van der Waals surface area contributed by atoms with Gasteiger partial charge in [0, 0.05) is 18.6 Å². The first-order valence-electron chi connectivity index (χ1n) is 4.65. The van der Waals surface area contributed by atoms with Gasteiger partial charge < -0.3 is 9.80 Å². The van der Waals surface area contributed by atoms with Gasteiger partial charge in [0.15, 0.2) is 0 Å². The fourth-order valence-corrected chi connectivity index (χ4v) is 1.80. The van der Waals surface area contributed by atoms with Gasteiger partial charge in [0.05, 0.1) is 0 Å². The van der Waals surface area contributed by atoms with Gasteiger partial charge in [-0.25, -0.2) is 0 Å². The van der Waals surface area contributed by atoms with Crippen molar-refractivity contribution in [2.75, 3.05) is 20.6 Å². The lowest BCUT2D eigenvalue weighted by Gasteiger charge is -2.20. The molecule has 2 atom stereocenters. The van der Waals surface area contributed by atoms with Crippen molar-refractivity contribution in [3.8, 4) is 0 Å². The summed E-state index contributed by atoms with van der Waals surface area (Å²) in [5.74, 6) is 0.0526. The van der Waals surface area contributed by atoms with Crippen LogP contribution in [-0.2, 0) is 4.79 Å². The van der Waals surface area contributed by atoms with Crippen molar-refractivity contribution in [2.45, 2.75) is 25.4 Å². The Morgan fingerprint density at radius 1 is 1.62 bits per heavy atom. The van der Waals surface area contributed by atoms with E-state index in [1.54, 1.807) is 0 Å². The van der Waals surface area contributed by atoms with Crippen LogP contribution in [-0.4, -0.2) is 48.4 Å². The van der Waals surface area contributed by atoms with Gasteiger partial charge in [0.25, 0.3) is 0 Å². The molecule has 0 radical (unpaired) electrons. The quantitative estimate of drug-likeness (QED) is 0.588. The second kappa shape index (κ2) is 3.92. The number of carbonyl (C=O) groups is 1. The Kier molecular flexibility index (Phi) is 3.09. The third kappa shape index (κ3) is 2.10. The van der Waals surface area contributed by atoms with Crippen LogP contribution in [0.2, 0.25) is 0 Å². The van der Waals surface area contributed by atoms with E-state index < -0.39 is 0 Å². The number of hydrogen-bond acceptors (Lipinski definition) is 2. The Morgan fingerprint density at radius 2 is 2.23 bits per heavy atom. The SMILES string of the molecule is C=CC(=O)N1CC(N(C)C)CC1C. The number of carbonyl (C=O) groups excluding carboxylic acids is 1. The second-order valence-electron chi connectivity index (χ2n) is 3.90. The summed E-state index contributed by atoms with van der Waals surface area (Å²) in [6.07, 6.45) is 2.46. The lowest BCUT2D eigenvalue weighted by atomic mass is 10.2. The summed E-state index contributed by atoms with van der Waals surface area (Å²) < 4.78 is 0. The molecule has 0 bridgehead atoms. The summed E-state index contributed by atoms with van der Waals surface area (Å²) >= 11 is 0. The predicted molar refractivity (Wildman–Crippen MR) is 53.5 cm³/mol. The largest absolute Gasteiger partial charge is 0.335 e. The van der Waals surface area contributed by atoms with Crippen LogP contribution in [0.5, 0.6) is 0 Å². The maximum absolute atomic E-state index is 11.4. The van der Waals surface area contributed by atoms with Crippen molar-refractivity contribution < 1.29 is 4.79 Å². The molecule has 2 unspecified atom stereocenters. The van der Waals surface area contributed by atoms with E-state index >= 15 is 0 Å². The monoisotopic (exact) mass is 182 g/mol. The first-order chi connectivity index (χ1) is 6.06. The molecule has 1 fully saturated rings. The Bertz CT molecular complexity index is 213. The molecule has 0 spiro atoms. The average Bonchev–Trinajstić information content (AvgIpc) is 2.46. The molecule has 3 heteroatoms. The topological polar surface area (TPSA) is 23.6 Å². The third-order valence-corrected chi connectivity index (χ3v) is 2.74. The average molecular weight is 182 g/mol. The van der Waals surface area contributed by atoms with Crippen LogP contribution in [0.1, 0.15) is 13.3 Å². The van der Waals surface area contributed by atoms with E-state index in [0.717, 1.165) is 13.0 Å². The second-order valence-corrected chi connectivity index (χ2v) is 3.90. The highest BCUT2D eigenvalue weighted by atomic mass is 16.2. The van der Waals surface area contributed by atoms with E-state index in [1.807, 2.05) is 4.90 Å². The van der Waals surface area contributed by atoms with Gasteiger partial charge in [-0.1, -0.05) is 6.58 Å². The first-order valence-corrected chi connectivity index (χ1v) is 4.65. The standard InChI is InChI=1S/C10H18N2O/c1-5-10(13)12-7-9(11(3)4)6-8(12)2/h5,8-9H,1,6-7H2,2-4H3. The molecule has 1 aliphatic heterocycles. The molecule has 13 heavy (non-hydrogen) atoms. The van der Waals surface area contributed by atoms with Crippen molar-refractivity contribution in [2.24, 2.45) is 0 Å². The molecule has 3 nitrogen and oxygen atoms in total. The van der Waals surface area contributed by atoms with Gasteiger partial charge in [-0.2, -0.15) is 0 Å². The molecule has 0 aliphatic carbocycles. The Balaban J connectivity index is 2.61. The van der Waals surface area contributed by atoms with Crippen LogP contribution in [0.15, 0.2) is 12.7 Å². The number of likely N-dealkylation sites (tertiary alicyclic amines) is 1. The minimum atomic E-state index is 0.0526. The zero-order chi connectivity index (χ0) is 10.0. The minimum Gasteiger partial charge on any atom is -0.335 e. The Morgan fingerprint density at radius 3 is 2.62 bits per heavy atom. The summed E-state index contributed by atoms with van der Waals surface area (Å²) in [7, 11) is 4.11. The lowest BCUT2D eigenvalue weighted by molar-refractivity contribution is -0.126. The van der Waals surface area contributed by atoms with E-state index in [9.17, 15) is 4.79 Å². The van der Waals surface area contributed by atoms with Gasteiger partial charge in [-0.05, 0) is 33.5 Å². The van der Waals surface area contributed by atoms with Gasteiger partial charge in [0.2, 0.25) is 5.91 Å². The number of hydrogen-bond donors (Lipinski definition) is 0. The molecule has 0 aromatic carbocycles. The lowest BCUT2D eigenvalue weighted by Crippen LogP contribution is -2.35. The summed E-state index contributed by atoms with van der Waals surface area (Å²) in [5, 5.41) is 0. The fourth-order valence-electron chi connectivity index (χ4n) is 1.80. The molecule has 1 heterocycles.